The number of hydrogen-bond donors (Lipinski definition) is 2. The molecule has 0 bridgehead atoms. The van der Waals surface area contributed by atoms with Crippen LogP contribution in [0.2, 0.25) is 5.02 Å². The van der Waals surface area contributed by atoms with Gasteiger partial charge in [-0.25, -0.2) is 0 Å². The van der Waals surface area contributed by atoms with Gasteiger partial charge in [0.25, 0.3) is 0 Å². The Labute approximate surface area is 135 Å². The highest BCUT2D eigenvalue weighted by atomic mass is 35.5. The third-order valence-corrected chi connectivity index (χ3v) is 4.13. The molecule has 1 fully saturated rings. The summed E-state index contributed by atoms with van der Waals surface area (Å²) >= 11 is 5.88. The van der Waals surface area contributed by atoms with Crippen molar-refractivity contribution in [1.29, 1.82) is 0 Å². The zero-order valence-electron chi connectivity index (χ0n) is 12.4. The van der Waals surface area contributed by atoms with Crippen molar-refractivity contribution in [3.8, 4) is 0 Å². The van der Waals surface area contributed by atoms with Gasteiger partial charge in [0.05, 0.1) is 6.20 Å². The predicted molar refractivity (Wildman–Crippen MR) is 89.4 cm³/mol. The van der Waals surface area contributed by atoms with E-state index in [4.69, 9.17) is 11.6 Å². The number of anilines is 2. The Hall–Kier alpha value is -1.88. The van der Waals surface area contributed by atoms with Crippen LogP contribution in [0.25, 0.3) is 0 Å². The minimum absolute atomic E-state index is 0.492. The third-order valence-electron chi connectivity index (χ3n) is 3.88. The van der Waals surface area contributed by atoms with E-state index >= 15 is 0 Å². The number of halogens is 1. The summed E-state index contributed by atoms with van der Waals surface area (Å²) in [6.45, 7) is 0.795. The van der Waals surface area contributed by atoms with E-state index in [2.05, 4.69) is 25.8 Å². The van der Waals surface area contributed by atoms with Crippen LogP contribution in [0, 0.1) is 0 Å². The summed E-state index contributed by atoms with van der Waals surface area (Å²) in [5.74, 6) is 1.37. The van der Waals surface area contributed by atoms with E-state index in [-0.39, 0.29) is 0 Å². The molecule has 3 rings (SSSR count). The van der Waals surface area contributed by atoms with Gasteiger partial charge in [-0.1, -0.05) is 36.6 Å². The standard InChI is InChI=1S/C16H20ClN5/c17-13-7-5-12(6-8-13)9-10-18-15-11-19-22-16(21-15)20-14-3-1-2-4-14/h5-8,11,14H,1-4,9-10H2,(H2,18,20,21,22). The summed E-state index contributed by atoms with van der Waals surface area (Å²) in [6.07, 6.45) is 7.51. The first-order chi connectivity index (χ1) is 10.8. The number of nitrogens with one attached hydrogen (secondary N) is 2. The van der Waals surface area contributed by atoms with Gasteiger partial charge in [0.2, 0.25) is 5.95 Å². The molecule has 0 amide bonds. The maximum atomic E-state index is 5.88. The lowest BCUT2D eigenvalue weighted by molar-refractivity contribution is 0.737. The Kier molecular flexibility index (Phi) is 5.06. The maximum absolute atomic E-state index is 5.88. The molecule has 0 unspecified atom stereocenters. The van der Waals surface area contributed by atoms with Crippen LogP contribution in [-0.4, -0.2) is 27.8 Å². The van der Waals surface area contributed by atoms with Gasteiger partial charge in [0.1, 0.15) is 0 Å². The molecule has 0 aliphatic heterocycles. The van der Waals surface area contributed by atoms with Crippen molar-refractivity contribution < 1.29 is 0 Å². The van der Waals surface area contributed by atoms with Crippen LogP contribution in [0.15, 0.2) is 30.5 Å². The summed E-state index contributed by atoms with van der Waals surface area (Å²) in [4.78, 5) is 4.46. The fourth-order valence-electron chi connectivity index (χ4n) is 2.69. The summed E-state index contributed by atoms with van der Waals surface area (Å²) in [7, 11) is 0. The normalized spacial score (nSPS) is 15.0. The molecule has 1 aliphatic rings. The second-order valence-corrected chi connectivity index (χ2v) is 6.03. The van der Waals surface area contributed by atoms with Gasteiger partial charge in [-0.15, -0.1) is 5.10 Å². The molecular formula is C16H20ClN5. The van der Waals surface area contributed by atoms with Crippen molar-refractivity contribution in [1.82, 2.24) is 15.2 Å². The quantitative estimate of drug-likeness (QED) is 0.853. The molecule has 2 aromatic rings. The van der Waals surface area contributed by atoms with E-state index in [1.165, 1.54) is 31.2 Å². The summed E-state index contributed by atoms with van der Waals surface area (Å²) in [6, 6.07) is 8.38. The molecule has 1 saturated carbocycles. The van der Waals surface area contributed by atoms with Crippen LogP contribution >= 0.6 is 11.6 Å². The third kappa shape index (κ3) is 4.31. The number of hydrogen-bond acceptors (Lipinski definition) is 5. The molecule has 1 aromatic heterocycles. The molecule has 22 heavy (non-hydrogen) atoms. The SMILES string of the molecule is Clc1ccc(CCNc2cnnc(NC3CCCC3)n2)cc1. The first-order valence-corrected chi connectivity index (χ1v) is 8.12. The minimum Gasteiger partial charge on any atom is -0.368 e. The van der Waals surface area contributed by atoms with Crippen molar-refractivity contribution in [3.63, 3.8) is 0 Å². The molecule has 0 spiro atoms. The van der Waals surface area contributed by atoms with Crippen molar-refractivity contribution >= 4 is 23.4 Å². The van der Waals surface area contributed by atoms with Crippen LogP contribution in [-0.2, 0) is 6.42 Å². The second kappa shape index (κ2) is 7.40. The maximum Gasteiger partial charge on any atom is 0.244 e. The molecule has 0 saturated heterocycles. The molecule has 1 heterocycles. The largest absolute Gasteiger partial charge is 0.368 e. The van der Waals surface area contributed by atoms with Crippen molar-refractivity contribution in [2.24, 2.45) is 0 Å². The Morgan fingerprint density at radius 3 is 2.68 bits per heavy atom. The predicted octanol–water partition coefficient (Wildman–Crippen LogP) is 3.53. The zero-order valence-corrected chi connectivity index (χ0v) is 13.2. The van der Waals surface area contributed by atoms with Gasteiger partial charge in [-0.2, -0.15) is 10.1 Å². The highest BCUT2D eigenvalue weighted by Gasteiger charge is 2.15. The Balaban J connectivity index is 1.50. The van der Waals surface area contributed by atoms with Crippen molar-refractivity contribution in [3.05, 3.63) is 41.0 Å². The number of nitrogens with zero attached hydrogens (tertiary/aromatic N) is 3. The second-order valence-electron chi connectivity index (χ2n) is 5.59. The molecule has 116 valence electrons. The Morgan fingerprint density at radius 1 is 1.14 bits per heavy atom. The molecular weight excluding hydrogens is 298 g/mol. The molecule has 5 nitrogen and oxygen atoms in total. The molecule has 1 aromatic carbocycles. The van der Waals surface area contributed by atoms with Crippen molar-refractivity contribution in [2.75, 3.05) is 17.2 Å². The zero-order chi connectivity index (χ0) is 15.2. The molecule has 2 N–H and O–H groups in total. The first-order valence-electron chi connectivity index (χ1n) is 7.74. The van der Waals surface area contributed by atoms with Gasteiger partial charge in [0, 0.05) is 17.6 Å². The molecule has 0 radical (unpaired) electrons. The van der Waals surface area contributed by atoms with E-state index in [1.54, 1.807) is 6.20 Å². The van der Waals surface area contributed by atoms with Gasteiger partial charge in [-0.05, 0) is 37.0 Å². The smallest absolute Gasteiger partial charge is 0.244 e. The lowest BCUT2D eigenvalue weighted by Crippen LogP contribution is -2.18. The minimum atomic E-state index is 0.492. The van der Waals surface area contributed by atoms with Crippen LogP contribution < -0.4 is 10.6 Å². The van der Waals surface area contributed by atoms with E-state index in [0.717, 1.165) is 23.8 Å². The van der Waals surface area contributed by atoms with Crippen molar-refractivity contribution in [2.45, 2.75) is 38.1 Å². The molecule has 0 atom stereocenters. The first kappa shape index (κ1) is 15.0. The van der Waals surface area contributed by atoms with Crippen LogP contribution in [0.4, 0.5) is 11.8 Å². The fourth-order valence-corrected chi connectivity index (χ4v) is 2.81. The lowest BCUT2D eigenvalue weighted by Gasteiger charge is -2.12. The number of benzene rings is 1. The van der Waals surface area contributed by atoms with Gasteiger partial charge < -0.3 is 10.6 Å². The Bertz CT molecular complexity index is 596. The van der Waals surface area contributed by atoms with Crippen LogP contribution in [0.5, 0.6) is 0 Å². The average Bonchev–Trinajstić information content (AvgIpc) is 3.03. The highest BCUT2D eigenvalue weighted by Crippen LogP contribution is 2.20. The van der Waals surface area contributed by atoms with Gasteiger partial charge in [0.15, 0.2) is 5.82 Å². The summed E-state index contributed by atoms with van der Waals surface area (Å²) in [5, 5.41) is 15.5. The number of rotatable bonds is 6. The molecule has 6 heteroatoms. The van der Waals surface area contributed by atoms with E-state index in [0.29, 0.717) is 12.0 Å². The lowest BCUT2D eigenvalue weighted by atomic mass is 10.1. The average molecular weight is 318 g/mol. The van der Waals surface area contributed by atoms with Crippen LogP contribution in [0.3, 0.4) is 0 Å². The van der Waals surface area contributed by atoms with E-state index in [1.807, 2.05) is 24.3 Å². The Morgan fingerprint density at radius 2 is 1.91 bits per heavy atom. The highest BCUT2D eigenvalue weighted by molar-refractivity contribution is 6.30. The van der Waals surface area contributed by atoms with Gasteiger partial charge in [-0.3, -0.25) is 0 Å². The van der Waals surface area contributed by atoms with Gasteiger partial charge >= 0.3 is 0 Å². The summed E-state index contributed by atoms with van der Waals surface area (Å²) < 4.78 is 0. The fraction of sp³-hybridized carbons (Fsp3) is 0.438. The summed E-state index contributed by atoms with van der Waals surface area (Å²) in [5.41, 5.74) is 1.24. The molecule has 1 aliphatic carbocycles. The topological polar surface area (TPSA) is 62.7 Å². The monoisotopic (exact) mass is 317 g/mol. The number of aromatic nitrogens is 3. The van der Waals surface area contributed by atoms with E-state index in [9.17, 15) is 0 Å². The van der Waals surface area contributed by atoms with E-state index < -0.39 is 0 Å². The van der Waals surface area contributed by atoms with Crippen LogP contribution in [0.1, 0.15) is 31.2 Å².